The number of hydrogen-bond donors (Lipinski definition) is 0. The van der Waals surface area contributed by atoms with Crippen LogP contribution in [0.2, 0.25) is 0 Å². The standard InChI is InChI=1S/C54H36N2O/c1-3-15-37(16-4-1)39-27-30-41(31-28-39)55(42-32-34-54-48(36-42)47-22-10-14-26-53(47)57-54)49-23-11-7-19-43(49)44-20-8-12-24-50(44)56-51-25-13-9-21-45(51)46-33-29-40(35-52(46)56)38-17-5-2-6-18-38/h1-36H. The van der Waals surface area contributed by atoms with Gasteiger partial charge in [-0.05, 0) is 82.9 Å². The predicted molar refractivity (Wildman–Crippen MR) is 239 cm³/mol. The number of furan rings is 1. The third kappa shape index (κ3) is 5.60. The lowest BCUT2D eigenvalue weighted by Gasteiger charge is -2.29. The van der Waals surface area contributed by atoms with E-state index in [0.29, 0.717) is 0 Å². The quantitative estimate of drug-likeness (QED) is 0.163. The van der Waals surface area contributed by atoms with Crippen molar-refractivity contribution < 1.29 is 4.42 Å². The van der Waals surface area contributed by atoms with E-state index in [1.807, 2.05) is 12.1 Å². The summed E-state index contributed by atoms with van der Waals surface area (Å²) in [6, 6.07) is 78.2. The second-order valence-electron chi connectivity index (χ2n) is 14.5. The van der Waals surface area contributed by atoms with Gasteiger partial charge in [0.1, 0.15) is 11.2 Å². The van der Waals surface area contributed by atoms with Gasteiger partial charge >= 0.3 is 0 Å². The van der Waals surface area contributed by atoms with E-state index in [1.54, 1.807) is 0 Å². The first kappa shape index (κ1) is 32.8. The molecule has 0 atom stereocenters. The summed E-state index contributed by atoms with van der Waals surface area (Å²) in [5.74, 6) is 0. The van der Waals surface area contributed by atoms with E-state index in [9.17, 15) is 0 Å². The van der Waals surface area contributed by atoms with Crippen LogP contribution >= 0.6 is 0 Å². The predicted octanol–water partition coefficient (Wildman–Crippen LogP) is 15.2. The van der Waals surface area contributed by atoms with Crippen LogP contribution in [0.4, 0.5) is 17.1 Å². The van der Waals surface area contributed by atoms with Crippen LogP contribution in [0.25, 0.3) is 82.8 Å². The number of benzene rings is 9. The van der Waals surface area contributed by atoms with E-state index in [4.69, 9.17) is 4.42 Å². The maximum Gasteiger partial charge on any atom is 0.135 e. The molecular formula is C54H36N2O. The average molecular weight is 729 g/mol. The highest BCUT2D eigenvalue weighted by molar-refractivity contribution is 6.11. The van der Waals surface area contributed by atoms with E-state index >= 15 is 0 Å². The molecule has 2 aromatic heterocycles. The highest BCUT2D eigenvalue weighted by Crippen LogP contribution is 2.45. The third-order valence-electron chi connectivity index (χ3n) is 11.2. The van der Waals surface area contributed by atoms with Gasteiger partial charge in [0.2, 0.25) is 0 Å². The summed E-state index contributed by atoms with van der Waals surface area (Å²) >= 11 is 0. The van der Waals surface area contributed by atoms with Gasteiger partial charge in [-0.1, -0.05) is 158 Å². The maximum atomic E-state index is 6.30. The van der Waals surface area contributed by atoms with Gasteiger partial charge in [-0.15, -0.1) is 0 Å². The highest BCUT2D eigenvalue weighted by Gasteiger charge is 2.22. The second kappa shape index (κ2) is 13.6. The summed E-state index contributed by atoms with van der Waals surface area (Å²) in [5, 5.41) is 4.66. The number of nitrogens with zero attached hydrogens (tertiary/aromatic N) is 2. The maximum absolute atomic E-state index is 6.30. The molecule has 0 radical (unpaired) electrons. The molecule has 0 aliphatic heterocycles. The molecule has 57 heavy (non-hydrogen) atoms. The molecule has 0 bridgehead atoms. The summed E-state index contributed by atoms with van der Waals surface area (Å²) in [6.45, 7) is 0. The zero-order valence-corrected chi connectivity index (χ0v) is 31.1. The largest absolute Gasteiger partial charge is 0.456 e. The van der Waals surface area contributed by atoms with E-state index < -0.39 is 0 Å². The van der Waals surface area contributed by atoms with Crippen molar-refractivity contribution >= 4 is 60.8 Å². The Morgan fingerprint density at radius 1 is 0.333 bits per heavy atom. The van der Waals surface area contributed by atoms with Gasteiger partial charge in [0, 0.05) is 44.0 Å². The zero-order chi connectivity index (χ0) is 37.7. The van der Waals surface area contributed by atoms with Crippen molar-refractivity contribution in [3.8, 4) is 39.1 Å². The van der Waals surface area contributed by atoms with E-state index in [-0.39, 0.29) is 0 Å². The van der Waals surface area contributed by atoms with E-state index in [1.165, 1.54) is 44.1 Å². The molecule has 0 amide bonds. The van der Waals surface area contributed by atoms with Crippen LogP contribution in [0.1, 0.15) is 0 Å². The summed E-state index contributed by atoms with van der Waals surface area (Å²) in [5.41, 5.74) is 15.5. The first-order chi connectivity index (χ1) is 28.3. The van der Waals surface area contributed by atoms with Crippen molar-refractivity contribution in [3.05, 3.63) is 218 Å². The van der Waals surface area contributed by atoms with Gasteiger partial charge in [-0.2, -0.15) is 0 Å². The molecule has 0 fully saturated rings. The Labute approximate surface area is 330 Å². The molecule has 0 spiro atoms. The van der Waals surface area contributed by atoms with Crippen LogP contribution in [0.5, 0.6) is 0 Å². The van der Waals surface area contributed by atoms with Crippen molar-refractivity contribution in [1.29, 1.82) is 0 Å². The first-order valence-corrected chi connectivity index (χ1v) is 19.4. The van der Waals surface area contributed by atoms with E-state index in [0.717, 1.165) is 55.8 Å². The Hall–Kier alpha value is -7.62. The van der Waals surface area contributed by atoms with Gasteiger partial charge in [0.05, 0.1) is 22.4 Å². The molecule has 0 saturated carbocycles. The van der Waals surface area contributed by atoms with Gasteiger partial charge in [-0.25, -0.2) is 0 Å². The monoisotopic (exact) mass is 728 g/mol. The van der Waals surface area contributed by atoms with Crippen LogP contribution in [-0.4, -0.2) is 4.57 Å². The molecule has 11 aromatic rings. The van der Waals surface area contributed by atoms with Crippen molar-refractivity contribution in [1.82, 2.24) is 4.57 Å². The fourth-order valence-electron chi connectivity index (χ4n) is 8.55. The Kier molecular flexibility index (Phi) is 7.82. The third-order valence-corrected chi connectivity index (χ3v) is 11.2. The molecule has 0 N–H and O–H groups in total. The summed E-state index contributed by atoms with van der Waals surface area (Å²) in [6.07, 6.45) is 0. The molecule has 11 rings (SSSR count). The Morgan fingerprint density at radius 3 is 1.70 bits per heavy atom. The van der Waals surface area contributed by atoms with Crippen molar-refractivity contribution in [2.24, 2.45) is 0 Å². The van der Waals surface area contributed by atoms with Crippen molar-refractivity contribution in [3.63, 3.8) is 0 Å². The molecule has 0 saturated heterocycles. The summed E-state index contributed by atoms with van der Waals surface area (Å²) < 4.78 is 8.75. The SMILES string of the molecule is c1ccc(-c2ccc(N(c3ccc4oc5ccccc5c4c3)c3ccccc3-c3ccccc3-n3c4ccccc4c4ccc(-c5ccccc5)cc43)cc2)cc1. The number of aromatic nitrogens is 1. The number of fused-ring (bicyclic) bond motifs is 6. The molecule has 3 heteroatoms. The molecule has 0 aliphatic carbocycles. The second-order valence-corrected chi connectivity index (χ2v) is 14.5. The highest BCUT2D eigenvalue weighted by atomic mass is 16.3. The zero-order valence-electron chi connectivity index (χ0n) is 31.1. The molecule has 0 aliphatic rings. The van der Waals surface area contributed by atoms with Crippen LogP contribution < -0.4 is 4.90 Å². The smallest absolute Gasteiger partial charge is 0.135 e. The minimum Gasteiger partial charge on any atom is -0.456 e. The Morgan fingerprint density at radius 2 is 0.895 bits per heavy atom. The summed E-state index contributed by atoms with van der Waals surface area (Å²) in [4.78, 5) is 2.39. The van der Waals surface area contributed by atoms with Gasteiger partial charge in [0.15, 0.2) is 0 Å². The van der Waals surface area contributed by atoms with Crippen molar-refractivity contribution in [2.75, 3.05) is 4.90 Å². The lowest BCUT2D eigenvalue weighted by atomic mass is 9.99. The minimum atomic E-state index is 0.874. The fourth-order valence-corrected chi connectivity index (χ4v) is 8.55. The molecule has 2 heterocycles. The fraction of sp³-hybridized carbons (Fsp3) is 0. The number of hydrogen-bond acceptors (Lipinski definition) is 2. The molecule has 3 nitrogen and oxygen atoms in total. The molecule has 9 aromatic carbocycles. The van der Waals surface area contributed by atoms with Gasteiger partial charge in [0.25, 0.3) is 0 Å². The van der Waals surface area contributed by atoms with Crippen LogP contribution in [0.15, 0.2) is 223 Å². The summed E-state index contributed by atoms with van der Waals surface area (Å²) in [7, 11) is 0. The van der Waals surface area contributed by atoms with Crippen LogP contribution in [0.3, 0.4) is 0 Å². The van der Waals surface area contributed by atoms with Gasteiger partial charge in [-0.3, -0.25) is 0 Å². The number of anilines is 3. The number of para-hydroxylation sites is 4. The molecular weight excluding hydrogens is 693 g/mol. The minimum absolute atomic E-state index is 0.874. The molecule has 0 unspecified atom stereocenters. The molecule has 268 valence electrons. The first-order valence-electron chi connectivity index (χ1n) is 19.4. The Balaban J connectivity index is 1.14. The van der Waals surface area contributed by atoms with Crippen LogP contribution in [0, 0.1) is 0 Å². The average Bonchev–Trinajstić information content (AvgIpc) is 3.83. The van der Waals surface area contributed by atoms with Crippen molar-refractivity contribution in [2.45, 2.75) is 0 Å². The lowest BCUT2D eigenvalue weighted by molar-refractivity contribution is 0.669. The van der Waals surface area contributed by atoms with E-state index in [2.05, 4.69) is 216 Å². The topological polar surface area (TPSA) is 21.3 Å². The number of rotatable bonds is 7. The van der Waals surface area contributed by atoms with Crippen LogP contribution in [-0.2, 0) is 0 Å². The lowest BCUT2D eigenvalue weighted by Crippen LogP contribution is -2.11. The van der Waals surface area contributed by atoms with Gasteiger partial charge < -0.3 is 13.9 Å². The Bertz CT molecular complexity index is 3230. The normalized spacial score (nSPS) is 11.5.